The largest absolute Gasteiger partial charge is 0.495 e. The van der Waals surface area contributed by atoms with Crippen LogP contribution in [0.25, 0.3) is 0 Å². The van der Waals surface area contributed by atoms with Crippen molar-refractivity contribution < 1.29 is 9.53 Å². The first kappa shape index (κ1) is 20.3. The Balaban J connectivity index is 1.40. The first-order valence-corrected chi connectivity index (χ1v) is 11.1. The molecule has 0 atom stereocenters. The molecule has 2 aromatic carbocycles. The Morgan fingerprint density at radius 2 is 1.59 bits per heavy atom. The Morgan fingerprint density at radius 3 is 2.38 bits per heavy atom. The highest BCUT2D eigenvalue weighted by molar-refractivity contribution is 6.03. The highest BCUT2D eigenvalue weighted by Crippen LogP contribution is 2.32. The Kier molecular flexibility index (Phi) is 5.62. The molecule has 0 radical (unpaired) electrons. The zero-order valence-electron chi connectivity index (χ0n) is 18.3. The van der Waals surface area contributed by atoms with Gasteiger partial charge in [0.15, 0.2) is 5.78 Å². The van der Waals surface area contributed by atoms with Crippen LogP contribution in [-0.4, -0.2) is 49.0 Å². The summed E-state index contributed by atoms with van der Waals surface area (Å²) >= 11 is 0. The SMILES string of the molecule is COc1ccccc1N1CCN(c2nc3c(c(Nc4ccccc4)n2)C(=O)CCC3)CC1. The third-order valence-electron chi connectivity index (χ3n) is 6.09. The van der Waals surface area contributed by atoms with Gasteiger partial charge in [-0.25, -0.2) is 4.98 Å². The Bertz CT molecular complexity index is 1110. The lowest BCUT2D eigenvalue weighted by molar-refractivity contribution is 0.0972. The standard InChI is InChI=1S/C25H27N5O2/c1-32-22-13-6-5-11-20(22)29-14-16-30(17-15-29)25-27-19-10-7-12-21(31)23(19)24(28-25)26-18-8-3-2-4-9-18/h2-6,8-9,11,13H,7,10,12,14-17H2,1H3,(H,26,27,28). The quantitative estimate of drug-likeness (QED) is 0.655. The van der Waals surface area contributed by atoms with Gasteiger partial charge in [0.05, 0.1) is 24.1 Å². The van der Waals surface area contributed by atoms with Crippen LogP contribution in [0.3, 0.4) is 0 Å². The fourth-order valence-corrected chi connectivity index (χ4v) is 4.44. The van der Waals surface area contributed by atoms with Gasteiger partial charge in [0, 0.05) is 38.3 Å². The van der Waals surface area contributed by atoms with Gasteiger partial charge in [-0.3, -0.25) is 4.79 Å². The minimum absolute atomic E-state index is 0.122. The topological polar surface area (TPSA) is 70.6 Å². The number of aromatic nitrogens is 2. The van der Waals surface area contributed by atoms with Crippen molar-refractivity contribution in [1.82, 2.24) is 9.97 Å². The molecule has 1 aliphatic heterocycles. The lowest BCUT2D eigenvalue weighted by atomic mass is 9.95. The normalized spacial score (nSPS) is 16.0. The van der Waals surface area contributed by atoms with Crippen LogP contribution < -0.4 is 19.9 Å². The predicted molar refractivity (Wildman–Crippen MR) is 126 cm³/mol. The molecule has 5 rings (SSSR count). The summed E-state index contributed by atoms with van der Waals surface area (Å²) in [6.07, 6.45) is 2.20. The summed E-state index contributed by atoms with van der Waals surface area (Å²) in [6.45, 7) is 3.30. The molecule has 2 heterocycles. The van der Waals surface area contributed by atoms with E-state index in [4.69, 9.17) is 14.7 Å². The van der Waals surface area contributed by atoms with Gasteiger partial charge in [-0.1, -0.05) is 30.3 Å². The molecule has 7 nitrogen and oxygen atoms in total. The molecule has 0 spiro atoms. The maximum Gasteiger partial charge on any atom is 0.227 e. The second-order valence-corrected chi connectivity index (χ2v) is 8.11. The Hall–Kier alpha value is -3.61. The second kappa shape index (κ2) is 8.86. The maximum absolute atomic E-state index is 12.7. The molecule has 164 valence electrons. The number of hydrogen-bond donors (Lipinski definition) is 1. The number of Topliss-reactive ketones (excluding diaryl/α,β-unsaturated/α-hetero) is 1. The summed E-state index contributed by atoms with van der Waals surface area (Å²) in [5.41, 5.74) is 3.53. The van der Waals surface area contributed by atoms with E-state index in [1.165, 1.54) is 0 Å². The van der Waals surface area contributed by atoms with Gasteiger partial charge in [0.25, 0.3) is 0 Å². The Morgan fingerprint density at radius 1 is 0.875 bits per heavy atom. The van der Waals surface area contributed by atoms with Crippen LogP contribution in [0.5, 0.6) is 5.75 Å². The molecule has 1 aliphatic carbocycles. The molecule has 0 bridgehead atoms. The van der Waals surface area contributed by atoms with Gasteiger partial charge in [0.2, 0.25) is 5.95 Å². The van der Waals surface area contributed by atoms with Crippen LogP contribution in [0, 0.1) is 0 Å². The summed E-state index contributed by atoms with van der Waals surface area (Å²) in [7, 11) is 1.71. The molecular formula is C25H27N5O2. The first-order chi connectivity index (χ1) is 15.7. The number of carbonyl (C=O) groups excluding carboxylic acids is 1. The van der Waals surface area contributed by atoms with E-state index in [0.717, 1.165) is 61.8 Å². The van der Waals surface area contributed by atoms with Crippen LogP contribution >= 0.6 is 0 Å². The summed E-state index contributed by atoms with van der Waals surface area (Å²) < 4.78 is 5.53. The molecule has 3 aromatic rings. The zero-order valence-corrected chi connectivity index (χ0v) is 18.3. The Labute approximate surface area is 188 Å². The molecule has 7 heteroatoms. The summed E-state index contributed by atoms with van der Waals surface area (Å²) in [5, 5.41) is 3.37. The third kappa shape index (κ3) is 3.98. The van der Waals surface area contributed by atoms with E-state index in [1.54, 1.807) is 7.11 Å². The molecule has 2 aliphatic rings. The lowest BCUT2D eigenvalue weighted by Gasteiger charge is -2.37. The summed E-state index contributed by atoms with van der Waals surface area (Å²) in [5.74, 6) is 2.32. The third-order valence-corrected chi connectivity index (χ3v) is 6.09. The van der Waals surface area contributed by atoms with E-state index >= 15 is 0 Å². The van der Waals surface area contributed by atoms with E-state index in [1.807, 2.05) is 48.5 Å². The second-order valence-electron chi connectivity index (χ2n) is 8.11. The van der Waals surface area contributed by atoms with Crippen molar-refractivity contribution in [3.8, 4) is 5.75 Å². The van der Waals surface area contributed by atoms with Crippen molar-refractivity contribution >= 4 is 28.9 Å². The molecule has 32 heavy (non-hydrogen) atoms. The van der Waals surface area contributed by atoms with Crippen molar-refractivity contribution in [2.45, 2.75) is 19.3 Å². The number of ether oxygens (including phenoxy) is 1. The number of anilines is 4. The first-order valence-electron chi connectivity index (χ1n) is 11.1. The predicted octanol–water partition coefficient (Wildman–Crippen LogP) is 4.07. The van der Waals surface area contributed by atoms with E-state index < -0.39 is 0 Å². The minimum atomic E-state index is 0.122. The number of piperazine rings is 1. The van der Waals surface area contributed by atoms with Crippen molar-refractivity contribution in [1.29, 1.82) is 0 Å². The van der Waals surface area contributed by atoms with E-state index in [0.29, 0.717) is 23.8 Å². The minimum Gasteiger partial charge on any atom is -0.495 e. The number of methoxy groups -OCH3 is 1. The number of nitrogens with one attached hydrogen (secondary N) is 1. The fourth-order valence-electron chi connectivity index (χ4n) is 4.44. The molecule has 0 unspecified atom stereocenters. The molecule has 1 N–H and O–H groups in total. The lowest BCUT2D eigenvalue weighted by Crippen LogP contribution is -2.47. The molecule has 1 aromatic heterocycles. The van der Waals surface area contributed by atoms with E-state index in [2.05, 4.69) is 21.2 Å². The van der Waals surface area contributed by atoms with Crippen LogP contribution in [-0.2, 0) is 6.42 Å². The molecule has 0 amide bonds. The van der Waals surface area contributed by atoms with Crippen molar-refractivity contribution in [2.75, 3.05) is 48.4 Å². The number of rotatable bonds is 5. The number of benzene rings is 2. The van der Waals surface area contributed by atoms with Gasteiger partial charge < -0.3 is 19.9 Å². The number of aryl methyl sites for hydroxylation is 1. The van der Waals surface area contributed by atoms with E-state index in [9.17, 15) is 4.79 Å². The highest BCUT2D eigenvalue weighted by atomic mass is 16.5. The summed E-state index contributed by atoms with van der Waals surface area (Å²) in [4.78, 5) is 26.9. The van der Waals surface area contributed by atoms with Crippen LogP contribution in [0.1, 0.15) is 28.9 Å². The van der Waals surface area contributed by atoms with Gasteiger partial charge >= 0.3 is 0 Å². The number of fused-ring (bicyclic) bond motifs is 1. The van der Waals surface area contributed by atoms with Gasteiger partial charge in [-0.15, -0.1) is 0 Å². The van der Waals surface area contributed by atoms with Crippen molar-refractivity contribution in [3.63, 3.8) is 0 Å². The number of carbonyl (C=O) groups is 1. The van der Waals surface area contributed by atoms with Crippen LogP contribution in [0.15, 0.2) is 54.6 Å². The molecule has 0 saturated carbocycles. The average molecular weight is 430 g/mol. The van der Waals surface area contributed by atoms with Crippen LogP contribution in [0.4, 0.5) is 23.1 Å². The monoisotopic (exact) mass is 429 g/mol. The number of nitrogens with zero attached hydrogens (tertiary/aromatic N) is 4. The summed E-state index contributed by atoms with van der Waals surface area (Å²) in [6, 6.07) is 18.0. The van der Waals surface area contributed by atoms with Crippen molar-refractivity contribution in [2.24, 2.45) is 0 Å². The number of para-hydroxylation sites is 3. The van der Waals surface area contributed by atoms with Gasteiger partial charge in [0.1, 0.15) is 11.6 Å². The van der Waals surface area contributed by atoms with Gasteiger partial charge in [-0.2, -0.15) is 4.98 Å². The molecule has 1 saturated heterocycles. The highest BCUT2D eigenvalue weighted by Gasteiger charge is 2.27. The maximum atomic E-state index is 12.7. The van der Waals surface area contributed by atoms with Crippen LogP contribution in [0.2, 0.25) is 0 Å². The fraction of sp³-hybridized carbons (Fsp3) is 0.320. The van der Waals surface area contributed by atoms with Gasteiger partial charge in [-0.05, 0) is 37.1 Å². The number of ketones is 1. The number of hydrogen-bond acceptors (Lipinski definition) is 7. The average Bonchev–Trinajstić information content (AvgIpc) is 2.84. The van der Waals surface area contributed by atoms with E-state index in [-0.39, 0.29) is 5.78 Å². The molecule has 1 fully saturated rings. The smallest absolute Gasteiger partial charge is 0.227 e. The molecular weight excluding hydrogens is 402 g/mol. The van der Waals surface area contributed by atoms with Crippen molar-refractivity contribution in [3.05, 3.63) is 65.9 Å². The zero-order chi connectivity index (χ0) is 21.9.